The molecule has 0 saturated carbocycles. The molecule has 1 aliphatic rings. The average Bonchev–Trinajstić information content (AvgIpc) is 3.37. The van der Waals surface area contributed by atoms with Crippen molar-refractivity contribution in [1.29, 1.82) is 5.26 Å². The van der Waals surface area contributed by atoms with Crippen molar-refractivity contribution >= 4 is 50.0 Å². The number of thiazole rings is 1. The fraction of sp³-hybridized carbons (Fsp3) is 0.423. The number of anilines is 3. The monoisotopic (exact) mass is 531 g/mol. The lowest BCUT2D eigenvalue weighted by Crippen LogP contribution is -2.46. The van der Waals surface area contributed by atoms with E-state index in [0.29, 0.717) is 30.4 Å². The molecular formula is C26H32BN6O2SSi. The normalized spacial score (nSPS) is 17.3. The first kappa shape index (κ1) is 27.0. The summed E-state index contributed by atoms with van der Waals surface area (Å²) >= 11 is 1.49. The third kappa shape index (κ3) is 5.46. The molecule has 8 nitrogen and oxygen atoms in total. The maximum atomic E-state index is 11.5. The Morgan fingerprint density at radius 2 is 2.11 bits per heavy atom. The summed E-state index contributed by atoms with van der Waals surface area (Å²) in [6.07, 6.45) is 2.46. The molecule has 1 atom stereocenters. The summed E-state index contributed by atoms with van der Waals surface area (Å²) in [5.41, 5.74) is 4.23. The number of hydrogen-bond donors (Lipinski definition) is 1. The summed E-state index contributed by atoms with van der Waals surface area (Å²) in [6.45, 7) is 16.2. The Kier molecular flexibility index (Phi) is 7.30. The molecule has 0 bridgehead atoms. The van der Waals surface area contributed by atoms with Gasteiger partial charge in [-0.05, 0) is 48.8 Å². The molecule has 1 N–H and O–H groups in total. The number of rotatable bonds is 8. The lowest BCUT2D eigenvalue weighted by molar-refractivity contribution is 0.219. The molecule has 0 spiro atoms. The molecule has 0 saturated heterocycles. The topological polar surface area (TPSA) is 104 Å². The van der Waals surface area contributed by atoms with Gasteiger partial charge in [0.2, 0.25) is 5.95 Å². The molecule has 11 heteroatoms. The van der Waals surface area contributed by atoms with E-state index in [1.54, 1.807) is 6.20 Å². The zero-order chi connectivity index (χ0) is 27.0. The highest BCUT2D eigenvalue weighted by Crippen LogP contribution is 2.46. The molecule has 3 heterocycles. The highest BCUT2D eigenvalue weighted by Gasteiger charge is 2.44. The second-order valence-electron chi connectivity index (χ2n) is 11.2. The van der Waals surface area contributed by atoms with Gasteiger partial charge in [0.15, 0.2) is 13.4 Å². The summed E-state index contributed by atoms with van der Waals surface area (Å²) in [5.74, 6) is 0.436. The molecule has 0 amide bonds. The molecule has 1 aliphatic heterocycles. The molecule has 0 aliphatic carbocycles. The van der Waals surface area contributed by atoms with Crippen molar-refractivity contribution < 1.29 is 9.22 Å². The van der Waals surface area contributed by atoms with E-state index in [2.05, 4.69) is 68.2 Å². The van der Waals surface area contributed by atoms with Gasteiger partial charge in [0.25, 0.3) is 0 Å². The number of nitrogens with zero attached hydrogens (tertiary/aromatic N) is 5. The van der Waals surface area contributed by atoms with Crippen LogP contribution in [0.5, 0.6) is 0 Å². The predicted octanol–water partition coefficient (Wildman–Crippen LogP) is 5.43. The van der Waals surface area contributed by atoms with Gasteiger partial charge >= 0.3 is 7.41 Å². The Hall–Kier alpha value is -3.07. The number of nitrogens with one attached hydrogen (secondary N) is 1. The van der Waals surface area contributed by atoms with Crippen LogP contribution in [-0.4, -0.2) is 50.0 Å². The maximum absolute atomic E-state index is 11.5. The van der Waals surface area contributed by atoms with Gasteiger partial charge in [0, 0.05) is 41.4 Å². The van der Waals surface area contributed by atoms with Crippen molar-refractivity contribution in [2.24, 2.45) is 0 Å². The van der Waals surface area contributed by atoms with E-state index in [1.807, 2.05) is 29.2 Å². The molecule has 0 fully saturated rings. The SMILES string of the molecule is Cc1csc(Nc2nccc(-c3cc(C#N)c4c(c3)[C@@](C)(CO[Si](C)(C)C(C)(C)C)CN4[B]C=O)n2)n1. The van der Waals surface area contributed by atoms with Gasteiger partial charge < -0.3 is 19.3 Å². The number of nitriles is 1. The van der Waals surface area contributed by atoms with Crippen molar-refractivity contribution in [2.45, 2.75) is 58.2 Å². The van der Waals surface area contributed by atoms with Crippen molar-refractivity contribution in [1.82, 2.24) is 15.0 Å². The van der Waals surface area contributed by atoms with Gasteiger partial charge in [0.05, 0.1) is 17.0 Å². The van der Waals surface area contributed by atoms with Crippen LogP contribution in [0.3, 0.4) is 0 Å². The standard InChI is InChI=1S/C26H32BN6O2SSi/c1-17-13-36-24(30-17)32-23-29-9-8-21(31-23)18-10-19(12-28)22-20(11-18)26(5,14-33(22)27-16-34)15-35-37(6,7)25(2,3)4/h8-11,13,16H,14-15H2,1-7H3,(H,29,30,31,32)/t26-/m1/s1. The van der Waals surface area contributed by atoms with Crippen LogP contribution >= 0.6 is 11.3 Å². The van der Waals surface area contributed by atoms with Crippen LogP contribution in [0.2, 0.25) is 18.1 Å². The summed E-state index contributed by atoms with van der Waals surface area (Å²) < 4.78 is 6.66. The van der Waals surface area contributed by atoms with E-state index in [9.17, 15) is 10.1 Å². The third-order valence-corrected chi connectivity index (χ3v) is 12.6. The molecule has 2 aromatic heterocycles. The van der Waals surface area contributed by atoms with E-state index in [-0.39, 0.29) is 5.04 Å². The second kappa shape index (κ2) is 10.0. The zero-order valence-electron chi connectivity index (χ0n) is 22.4. The maximum Gasteiger partial charge on any atom is 0.329 e. The van der Waals surface area contributed by atoms with Crippen LogP contribution in [-0.2, 0) is 14.6 Å². The lowest BCUT2D eigenvalue weighted by atomic mass is 9.83. The fourth-order valence-electron chi connectivity index (χ4n) is 4.14. The first-order valence-electron chi connectivity index (χ1n) is 12.2. The minimum absolute atomic E-state index is 0.0688. The van der Waals surface area contributed by atoms with Crippen LogP contribution in [0.4, 0.5) is 16.8 Å². The van der Waals surface area contributed by atoms with E-state index in [0.717, 1.165) is 33.8 Å². The number of fused-ring (bicyclic) bond motifs is 1. The van der Waals surface area contributed by atoms with E-state index in [4.69, 9.17) is 9.41 Å². The molecule has 191 valence electrons. The van der Waals surface area contributed by atoms with E-state index < -0.39 is 13.7 Å². The van der Waals surface area contributed by atoms with Crippen molar-refractivity contribution in [3.63, 3.8) is 0 Å². The zero-order valence-corrected chi connectivity index (χ0v) is 24.2. The third-order valence-electron chi connectivity index (χ3n) is 7.27. The van der Waals surface area contributed by atoms with Crippen LogP contribution in [0, 0.1) is 18.3 Å². The number of aromatic nitrogens is 3. The van der Waals surface area contributed by atoms with Gasteiger partial charge in [-0.25, -0.2) is 15.0 Å². The van der Waals surface area contributed by atoms with E-state index >= 15 is 0 Å². The predicted molar refractivity (Wildman–Crippen MR) is 153 cm³/mol. The number of carbonyl (C=O) groups is 1. The summed E-state index contributed by atoms with van der Waals surface area (Å²) in [7, 11) is -0.521. The molecular weight excluding hydrogens is 499 g/mol. The van der Waals surface area contributed by atoms with Crippen molar-refractivity contribution in [3.8, 4) is 17.3 Å². The average molecular weight is 532 g/mol. The van der Waals surface area contributed by atoms with Crippen LogP contribution in [0.1, 0.15) is 44.5 Å². The fourth-order valence-corrected chi connectivity index (χ4v) is 5.94. The van der Waals surface area contributed by atoms with Gasteiger partial charge in [-0.3, -0.25) is 0 Å². The Morgan fingerprint density at radius 3 is 2.73 bits per heavy atom. The number of carbonyl (C=O) groups excluding carboxylic acids is 1. The smallest absolute Gasteiger partial charge is 0.329 e. The highest BCUT2D eigenvalue weighted by atomic mass is 32.1. The van der Waals surface area contributed by atoms with Crippen LogP contribution in [0.15, 0.2) is 29.8 Å². The van der Waals surface area contributed by atoms with Crippen LogP contribution < -0.4 is 10.1 Å². The minimum Gasteiger partial charge on any atom is -0.416 e. The number of aryl methyl sites for hydroxylation is 1. The molecule has 3 aromatic rings. The van der Waals surface area contributed by atoms with Crippen molar-refractivity contribution in [3.05, 3.63) is 46.6 Å². The summed E-state index contributed by atoms with van der Waals surface area (Å²) in [6, 6.07) is 8.07. The van der Waals surface area contributed by atoms with Gasteiger partial charge in [-0.1, -0.05) is 27.7 Å². The first-order chi connectivity index (χ1) is 17.4. The Morgan fingerprint density at radius 1 is 1.35 bits per heavy atom. The number of benzene rings is 1. The minimum atomic E-state index is -2.02. The van der Waals surface area contributed by atoms with Gasteiger partial charge in [-0.2, -0.15) is 5.26 Å². The van der Waals surface area contributed by atoms with E-state index in [1.165, 1.54) is 18.8 Å². The summed E-state index contributed by atoms with van der Waals surface area (Å²) in [4.78, 5) is 26.8. The molecule has 1 aromatic carbocycles. The van der Waals surface area contributed by atoms with Gasteiger partial charge in [0.1, 0.15) is 12.3 Å². The molecule has 0 unspecified atom stereocenters. The van der Waals surface area contributed by atoms with Crippen LogP contribution in [0.25, 0.3) is 11.3 Å². The Balaban J connectivity index is 1.75. The van der Waals surface area contributed by atoms with Crippen molar-refractivity contribution in [2.75, 3.05) is 23.3 Å². The Labute approximate surface area is 224 Å². The second-order valence-corrected chi connectivity index (χ2v) is 16.9. The molecule has 1 radical (unpaired) electrons. The molecule has 4 rings (SSSR count). The Bertz CT molecular complexity index is 1370. The highest BCUT2D eigenvalue weighted by molar-refractivity contribution is 7.13. The lowest BCUT2D eigenvalue weighted by Gasteiger charge is -2.39. The molecule has 37 heavy (non-hydrogen) atoms. The number of hydrogen-bond acceptors (Lipinski definition) is 9. The largest absolute Gasteiger partial charge is 0.416 e. The van der Waals surface area contributed by atoms with Gasteiger partial charge in [-0.15, -0.1) is 11.3 Å². The first-order valence-corrected chi connectivity index (χ1v) is 16.0. The quantitative estimate of drug-likeness (QED) is 0.303. The summed E-state index contributed by atoms with van der Waals surface area (Å²) in [5, 5.41) is 16.0.